The van der Waals surface area contributed by atoms with E-state index in [0.29, 0.717) is 45.7 Å². The maximum absolute atomic E-state index is 13.5. The number of ether oxygens (including phenoxy) is 1. The highest BCUT2D eigenvalue weighted by atomic mass is 35.5. The lowest BCUT2D eigenvalue weighted by Crippen LogP contribution is -2.32. The Hall–Kier alpha value is -4.56. The summed E-state index contributed by atoms with van der Waals surface area (Å²) >= 11 is 6.00. The third-order valence-corrected chi connectivity index (χ3v) is 6.41. The minimum absolute atomic E-state index is 0.285. The Labute approximate surface area is 225 Å². The van der Waals surface area contributed by atoms with Gasteiger partial charge in [0, 0.05) is 22.1 Å². The summed E-state index contributed by atoms with van der Waals surface area (Å²) in [7, 11) is 0. The SMILES string of the molecule is CCOc1ccc(NC(=O)c2cnn3c2NC(C)=C(C(=O)Nc2ccc(Cl)cc2)[C@@H]3c2ccccc2)cc1. The van der Waals surface area contributed by atoms with Gasteiger partial charge in [-0.25, -0.2) is 4.68 Å². The molecule has 2 amide bonds. The van der Waals surface area contributed by atoms with Crippen LogP contribution in [0.5, 0.6) is 5.75 Å². The number of halogens is 1. The average molecular weight is 528 g/mol. The molecule has 4 aromatic rings. The summed E-state index contributed by atoms with van der Waals surface area (Å²) in [6.45, 7) is 4.30. The molecule has 0 unspecified atom stereocenters. The van der Waals surface area contributed by atoms with E-state index in [1.807, 2.05) is 44.2 Å². The van der Waals surface area contributed by atoms with Gasteiger partial charge in [-0.05, 0) is 67.9 Å². The molecule has 0 saturated carbocycles. The van der Waals surface area contributed by atoms with Gasteiger partial charge in [-0.2, -0.15) is 5.10 Å². The Balaban J connectivity index is 1.47. The zero-order valence-electron chi connectivity index (χ0n) is 20.9. The molecule has 0 aliphatic carbocycles. The standard InChI is InChI=1S/C29H26ClN5O3/c1-3-38-23-15-13-22(14-16-23)33-28(36)24-17-31-35-26(19-7-5-4-6-8-19)25(18(2)32-27(24)35)29(37)34-21-11-9-20(30)10-12-21/h4-17,26,32H,3H2,1-2H3,(H,33,36)(H,34,37)/t26-/m0/s1. The number of carbonyl (C=O) groups is 2. The molecule has 0 radical (unpaired) electrons. The lowest BCUT2D eigenvalue weighted by atomic mass is 9.94. The summed E-state index contributed by atoms with van der Waals surface area (Å²) in [4.78, 5) is 26.8. The van der Waals surface area contributed by atoms with Crippen LogP contribution in [0.4, 0.5) is 17.2 Å². The molecule has 0 bridgehead atoms. The first-order valence-corrected chi connectivity index (χ1v) is 12.5. The van der Waals surface area contributed by atoms with Crippen LogP contribution in [0.1, 0.15) is 35.8 Å². The van der Waals surface area contributed by atoms with Crippen molar-refractivity contribution in [3.05, 3.63) is 112 Å². The number of carbonyl (C=O) groups excluding carboxylic acids is 2. The Kier molecular flexibility index (Phi) is 7.15. The molecule has 8 nitrogen and oxygen atoms in total. The van der Waals surface area contributed by atoms with Crippen molar-refractivity contribution in [1.82, 2.24) is 9.78 Å². The van der Waals surface area contributed by atoms with Gasteiger partial charge in [-0.3, -0.25) is 9.59 Å². The van der Waals surface area contributed by atoms with Gasteiger partial charge in [0.1, 0.15) is 23.2 Å². The molecule has 3 N–H and O–H groups in total. The second-order valence-electron chi connectivity index (χ2n) is 8.70. The van der Waals surface area contributed by atoms with Crippen LogP contribution in [0.2, 0.25) is 5.02 Å². The van der Waals surface area contributed by atoms with E-state index in [9.17, 15) is 9.59 Å². The molecule has 0 saturated heterocycles. The molecule has 1 aromatic heterocycles. The van der Waals surface area contributed by atoms with Crippen LogP contribution in [0.25, 0.3) is 0 Å². The Morgan fingerprint density at radius 3 is 2.24 bits per heavy atom. The van der Waals surface area contributed by atoms with Crippen LogP contribution in [-0.2, 0) is 4.79 Å². The smallest absolute Gasteiger partial charge is 0.261 e. The van der Waals surface area contributed by atoms with Crippen molar-refractivity contribution >= 4 is 40.6 Å². The quantitative estimate of drug-likeness (QED) is 0.269. The van der Waals surface area contributed by atoms with E-state index < -0.39 is 6.04 Å². The number of benzene rings is 3. The van der Waals surface area contributed by atoms with Gasteiger partial charge in [0.05, 0.1) is 18.4 Å². The second kappa shape index (κ2) is 10.8. The monoisotopic (exact) mass is 527 g/mol. The van der Waals surface area contributed by atoms with Crippen LogP contribution in [0, 0.1) is 0 Å². The van der Waals surface area contributed by atoms with Crippen molar-refractivity contribution in [2.24, 2.45) is 0 Å². The van der Waals surface area contributed by atoms with E-state index in [4.69, 9.17) is 16.3 Å². The first kappa shape index (κ1) is 25.1. The third kappa shape index (κ3) is 5.12. The summed E-state index contributed by atoms with van der Waals surface area (Å²) in [5.74, 6) is 0.623. The largest absolute Gasteiger partial charge is 0.494 e. The van der Waals surface area contributed by atoms with Gasteiger partial charge < -0.3 is 20.7 Å². The van der Waals surface area contributed by atoms with E-state index in [0.717, 1.165) is 11.3 Å². The third-order valence-electron chi connectivity index (χ3n) is 6.15. The molecule has 1 aliphatic rings. The highest BCUT2D eigenvalue weighted by Gasteiger charge is 2.35. The molecular weight excluding hydrogens is 502 g/mol. The van der Waals surface area contributed by atoms with Gasteiger partial charge in [0.15, 0.2) is 0 Å². The average Bonchev–Trinajstić information content (AvgIpc) is 3.34. The van der Waals surface area contributed by atoms with Crippen molar-refractivity contribution in [2.45, 2.75) is 19.9 Å². The van der Waals surface area contributed by atoms with E-state index >= 15 is 0 Å². The fourth-order valence-corrected chi connectivity index (χ4v) is 4.52. The molecule has 192 valence electrons. The minimum atomic E-state index is -0.549. The number of fused-ring (bicyclic) bond motifs is 1. The van der Waals surface area contributed by atoms with E-state index in [2.05, 4.69) is 21.0 Å². The van der Waals surface area contributed by atoms with E-state index in [1.165, 1.54) is 6.20 Å². The summed E-state index contributed by atoms with van der Waals surface area (Å²) < 4.78 is 7.14. The molecule has 2 heterocycles. The van der Waals surface area contributed by atoms with Crippen LogP contribution < -0.4 is 20.7 Å². The number of nitrogens with zero attached hydrogens (tertiary/aromatic N) is 2. The van der Waals surface area contributed by atoms with Crippen LogP contribution in [0.15, 0.2) is 96.3 Å². The first-order chi connectivity index (χ1) is 18.4. The van der Waals surface area contributed by atoms with Crippen molar-refractivity contribution < 1.29 is 14.3 Å². The Morgan fingerprint density at radius 2 is 1.58 bits per heavy atom. The van der Waals surface area contributed by atoms with Gasteiger partial charge in [0.2, 0.25) is 0 Å². The first-order valence-electron chi connectivity index (χ1n) is 12.2. The molecule has 38 heavy (non-hydrogen) atoms. The van der Waals surface area contributed by atoms with Crippen LogP contribution >= 0.6 is 11.6 Å². The predicted molar refractivity (Wildman–Crippen MR) is 149 cm³/mol. The van der Waals surface area contributed by atoms with Crippen molar-refractivity contribution in [3.8, 4) is 5.75 Å². The summed E-state index contributed by atoms with van der Waals surface area (Å²) in [6, 6.07) is 23.1. The van der Waals surface area contributed by atoms with Gasteiger partial charge >= 0.3 is 0 Å². The molecule has 3 aromatic carbocycles. The molecule has 0 fully saturated rings. The maximum Gasteiger partial charge on any atom is 0.261 e. The highest BCUT2D eigenvalue weighted by molar-refractivity contribution is 6.30. The number of allylic oxidation sites excluding steroid dienone is 1. The number of amides is 2. The predicted octanol–water partition coefficient (Wildman–Crippen LogP) is 6.12. The van der Waals surface area contributed by atoms with Crippen LogP contribution in [0.3, 0.4) is 0 Å². The normalized spacial score (nSPS) is 14.3. The zero-order chi connectivity index (χ0) is 26.6. The van der Waals surface area contributed by atoms with Gasteiger partial charge in [-0.1, -0.05) is 41.9 Å². The molecule has 0 spiro atoms. The molecular formula is C29H26ClN5O3. The summed E-state index contributed by atoms with van der Waals surface area (Å²) in [5.41, 5.74) is 3.57. The minimum Gasteiger partial charge on any atom is -0.494 e. The van der Waals surface area contributed by atoms with E-state index in [1.54, 1.807) is 53.2 Å². The lowest BCUT2D eigenvalue weighted by Gasteiger charge is -2.30. The number of anilines is 3. The van der Waals surface area contributed by atoms with Crippen molar-refractivity contribution in [1.29, 1.82) is 0 Å². The topological polar surface area (TPSA) is 97.3 Å². The summed E-state index contributed by atoms with van der Waals surface area (Å²) in [5, 5.41) is 14.2. The fraction of sp³-hybridized carbons (Fsp3) is 0.138. The van der Waals surface area contributed by atoms with Crippen LogP contribution in [-0.4, -0.2) is 28.2 Å². The molecule has 1 aliphatic heterocycles. The molecule has 9 heteroatoms. The molecule has 1 atom stereocenters. The zero-order valence-corrected chi connectivity index (χ0v) is 21.6. The fourth-order valence-electron chi connectivity index (χ4n) is 4.39. The maximum atomic E-state index is 13.5. The van der Waals surface area contributed by atoms with Crippen molar-refractivity contribution in [2.75, 3.05) is 22.6 Å². The number of rotatable bonds is 7. The number of hydrogen-bond donors (Lipinski definition) is 3. The second-order valence-corrected chi connectivity index (χ2v) is 9.14. The molecule has 5 rings (SSSR count). The van der Waals surface area contributed by atoms with Crippen molar-refractivity contribution in [3.63, 3.8) is 0 Å². The number of aromatic nitrogens is 2. The Bertz CT molecular complexity index is 1500. The highest BCUT2D eigenvalue weighted by Crippen LogP contribution is 2.38. The van der Waals surface area contributed by atoms with E-state index in [-0.39, 0.29) is 11.8 Å². The van der Waals surface area contributed by atoms with Gasteiger partial charge in [-0.15, -0.1) is 0 Å². The lowest BCUT2D eigenvalue weighted by molar-refractivity contribution is -0.113. The number of hydrogen-bond acceptors (Lipinski definition) is 5. The van der Waals surface area contributed by atoms with Gasteiger partial charge in [0.25, 0.3) is 11.8 Å². The summed E-state index contributed by atoms with van der Waals surface area (Å²) in [6.07, 6.45) is 1.51. The number of nitrogens with one attached hydrogen (secondary N) is 3. The Morgan fingerprint density at radius 1 is 0.947 bits per heavy atom.